The van der Waals surface area contributed by atoms with Gasteiger partial charge in [-0.1, -0.05) is 113 Å². The third-order valence-electron chi connectivity index (χ3n) is 9.74. The molecule has 4 heterocycles. The second-order valence-electron chi connectivity index (χ2n) is 13.2. The molecule has 3 fully saturated rings. The maximum Gasteiger partial charge on any atom is 0.494 e. The van der Waals surface area contributed by atoms with Gasteiger partial charge in [-0.2, -0.15) is 0 Å². The van der Waals surface area contributed by atoms with Gasteiger partial charge in [0.15, 0.2) is 0 Å². The highest BCUT2D eigenvalue weighted by Crippen LogP contribution is 2.36. The first-order valence-electron chi connectivity index (χ1n) is 17.3. The normalized spacial score (nSPS) is 27.9. The minimum atomic E-state index is -0.456. The largest absolute Gasteiger partial charge is 0.494 e. The first-order chi connectivity index (χ1) is 22.1. The van der Waals surface area contributed by atoms with E-state index in [4.69, 9.17) is 27.9 Å². The predicted octanol–water partition coefficient (Wildman–Crippen LogP) is 6.13. The second-order valence-corrected chi connectivity index (χ2v) is 13.2. The molecule has 234 valence electrons. The molecule has 6 nitrogen and oxygen atoms in total. The summed E-state index contributed by atoms with van der Waals surface area (Å²) in [5.74, 6) is 0. The molecule has 12 bridgehead atoms. The second kappa shape index (κ2) is 14.2. The van der Waals surface area contributed by atoms with E-state index >= 15 is 0 Å². The quantitative estimate of drug-likeness (QED) is 0.315. The van der Waals surface area contributed by atoms with Gasteiger partial charge in [0.05, 0.1) is 18.3 Å². The van der Waals surface area contributed by atoms with Crippen molar-refractivity contribution < 1.29 is 27.9 Å². The molecule has 0 aliphatic carbocycles. The van der Waals surface area contributed by atoms with E-state index in [-0.39, 0.29) is 36.6 Å². The Labute approximate surface area is 269 Å². The maximum atomic E-state index is 6.78. The van der Waals surface area contributed by atoms with Crippen LogP contribution in [0.2, 0.25) is 0 Å². The SMILES string of the molecule is CCCC1CC2OB(O1)c1cccc(c1)C1CC(CCC)OB(O1)c1cccc(c1)C1CC(CCC)OB(O1)c1cccc2c1. The Morgan fingerprint density at radius 1 is 0.467 bits per heavy atom. The standard InChI is InChI=1S/C36H45B3O6/c1-4-10-31-22-34-25-13-7-17-29(19-25)38-41-33(12-6-3)24-36(45-38)27-15-9-18-30(21-27)39-42-32(11-5-2)23-35(44-39)26-14-8-16-28(20-26)37(40-31)43-34/h7-9,13-21,31-36H,4-6,10-12,22-24H2,1-3H3. The molecule has 3 aromatic carbocycles. The van der Waals surface area contributed by atoms with E-state index in [9.17, 15) is 0 Å². The van der Waals surface area contributed by atoms with Gasteiger partial charge in [-0.25, -0.2) is 0 Å². The molecule has 0 spiro atoms. The van der Waals surface area contributed by atoms with E-state index < -0.39 is 21.4 Å². The van der Waals surface area contributed by atoms with Gasteiger partial charge in [0, 0.05) is 37.6 Å². The molecule has 0 radical (unpaired) electrons. The third kappa shape index (κ3) is 7.00. The van der Waals surface area contributed by atoms with Crippen LogP contribution in [0, 0.1) is 0 Å². The molecule has 45 heavy (non-hydrogen) atoms. The molecule has 0 aromatic heterocycles. The van der Waals surface area contributed by atoms with Gasteiger partial charge in [0.1, 0.15) is 0 Å². The molecule has 3 saturated heterocycles. The van der Waals surface area contributed by atoms with Crippen molar-refractivity contribution in [2.45, 2.75) is 115 Å². The molecule has 7 rings (SSSR count). The van der Waals surface area contributed by atoms with Crippen molar-refractivity contribution in [3.63, 3.8) is 0 Å². The van der Waals surface area contributed by atoms with Crippen LogP contribution in [0.1, 0.15) is 114 Å². The summed E-state index contributed by atoms with van der Waals surface area (Å²) in [6.45, 7) is 6.65. The van der Waals surface area contributed by atoms with Crippen LogP contribution < -0.4 is 16.4 Å². The fourth-order valence-electron chi connectivity index (χ4n) is 7.47. The minimum absolute atomic E-state index is 0.0945. The third-order valence-corrected chi connectivity index (χ3v) is 9.74. The topological polar surface area (TPSA) is 55.4 Å². The lowest BCUT2D eigenvalue weighted by atomic mass is 9.71. The average molecular weight is 606 g/mol. The Morgan fingerprint density at radius 2 is 0.778 bits per heavy atom. The molecule has 6 atom stereocenters. The zero-order valence-electron chi connectivity index (χ0n) is 26.9. The van der Waals surface area contributed by atoms with E-state index in [0.29, 0.717) is 0 Å². The van der Waals surface area contributed by atoms with Gasteiger partial charge < -0.3 is 27.9 Å². The molecule has 9 heteroatoms. The van der Waals surface area contributed by atoms with Crippen molar-refractivity contribution >= 4 is 37.7 Å². The summed E-state index contributed by atoms with van der Waals surface area (Å²) < 4.78 is 40.2. The highest BCUT2D eigenvalue weighted by Gasteiger charge is 2.41. The summed E-state index contributed by atoms with van der Waals surface area (Å²) in [5, 5.41) is 0. The Morgan fingerprint density at radius 3 is 1.07 bits per heavy atom. The Balaban J connectivity index is 1.33. The van der Waals surface area contributed by atoms with E-state index in [1.165, 1.54) is 0 Å². The van der Waals surface area contributed by atoms with Crippen LogP contribution >= 0.6 is 0 Å². The smallest absolute Gasteiger partial charge is 0.404 e. The Kier molecular flexibility index (Phi) is 9.83. The Hall–Kier alpha value is -2.39. The average Bonchev–Trinajstić information content (AvgIpc) is 3.08. The first kappa shape index (κ1) is 31.2. The summed E-state index contributed by atoms with van der Waals surface area (Å²) >= 11 is 0. The van der Waals surface area contributed by atoms with E-state index in [2.05, 4.69) is 93.6 Å². The summed E-state index contributed by atoms with van der Waals surface area (Å²) in [6.07, 6.45) is 8.66. The van der Waals surface area contributed by atoms with Crippen molar-refractivity contribution in [1.29, 1.82) is 0 Å². The number of benzene rings is 3. The van der Waals surface area contributed by atoms with E-state index in [0.717, 1.165) is 90.9 Å². The molecule has 0 N–H and O–H groups in total. The van der Waals surface area contributed by atoms with Gasteiger partial charge in [-0.15, -0.1) is 0 Å². The van der Waals surface area contributed by atoms with Crippen molar-refractivity contribution in [2.24, 2.45) is 0 Å². The van der Waals surface area contributed by atoms with Gasteiger partial charge in [-0.05, 0) is 52.3 Å². The zero-order chi connectivity index (χ0) is 30.8. The lowest BCUT2D eigenvalue weighted by Gasteiger charge is -2.37. The monoisotopic (exact) mass is 606 g/mol. The number of hydrogen-bond donors (Lipinski definition) is 0. The van der Waals surface area contributed by atoms with Gasteiger partial charge in [0.25, 0.3) is 0 Å². The highest BCUT2D eigenvalue weighted by molar-refractivity contribution is 6.62. The van der Waals surface area contributed by atoms with Crippen molar-refractivity contribution in [1.82, 2.24) is 0 Å². The lowest BCUT2D eigenvalue weighted by Crippen LogP contribution is -2.48. The van der Waals surface area contributed by atoms with Gasteiger partial charge in [-0.3, -0.25) is 0 Å². The minimum Gasteiger partial charge on any atom is -0.404 e. The fourth-order valence-corrected chi connectivity index (χ4v) is 7.47. The van der Waals surface area contributed by atoms with Crippen LogP contribution in [0.25, 0.3) is 0 Å². The van der Waals surface area contributed by atoms with Gasteiger partial charge >= 0.3 is 21.4 Å². The van der Waals surface area contributed by atoms with Gasteiger partial charge in [0.2, 0.25) is 0 Å². The number of rotatable bonds is 6. The zero-order valence-corrected chi connectivity index (χ0v) is 26.9. The summed E-state index contributed by atoms with van der Waals surface area (Å²) in [7, 11) is -1.37. The maximum absolute atomic E-state index is 6.78. The number of hydrogen-bond acceptors (Lipinski definition) is 6. The van der Waals surface area contributed by atoms with Crippen LogP contribution in [0.4, 0.5) is 0 Å². The molecule has 0 saturated carbocycles. The molecular formula is C36H45B3O6. The Bertz CT molecular complexity index is 1190. The first-order valence-corrected chi connectivity index (χ1v) is 17.3. The van der Waals surface area contributed by atoms with Crippen LogP contribution in [-0.4, -0.2) is 39.7 Å². The highest BCUT2D eigenvalue weighted by atomic mass is 16.6. The molecule has 4 aliphatic rings. The van der Waals surface area contributed by atoms with Crippen molar-refractivity contribution in [3.8, 4) is 0 Å². The molecule has 4 aliphatic heterocycles. The fraction of sp³-hybridized carbons (Fsp3) is 0.500. The van der Waals surface area contributed by atoms with Crippen LogP contribution in [0.15, 0.2) is 72.8 Å². The molecule has 3 aromatic rings. The summed E-state index contributed by atoms with van der Waals surface area (Å²) in [5.41, 5.74) is 6.50. The molecular weight excluding hydrogens is 561 g/mol. The van der Waals surface area contributed by atoms with Crippen LogP contribution in [0.3, 0.4) is 0 Å². The van der Waals surface area contributed by atoms with E-state index in [1.807, 2.05) is 0 Å². The lowest BCUT2D eigenvalue weighted by molar-refractivity contribution is 0.0157. The summed E-state index contributed by atoms with van der Waals surface area (Å²) in [4.78, 5) is 0. The summed E-state index contributed by atoms with van der Waals surface area (Å²) in [6, 6.07) is 25.9. The van der Waals surface area contributed by atoms with E-state index in [1.54, 1.807) is 0 Å². The molecule has 0 amide bonds. The molecule has 6 unspecified atom stereocenters. The van der Waals surface area contributed by atoms with Crippen molar-refractivity contribution in [2.75, 3.05) is 0 Å². The number of fused-ring (bicyclic) bond motifs is 18. The van der Waals surface area contributed by atoms with Crippen molar-refractivity contribution in [3.05, 3.63) is 89.5 Å². The van der Waals surface area contributed by atoms with Crippen LogP contribution in [0.5, 0.6) is 0 Å². The van der Waals surface area contributed by atoms with Crippen LogP contribution in [-0.2, 0) is 27.9 Å². The predicted molar refractivity (Wildman–Crippen MR) is 180 cm³/mol.